The summed E-state index contributed by atoms with van der Waals surface area (Å²) in [6.45, 7) is 6.05. The largest absolute Gasteiger partial charge is 0.326 e. The lowest BCUT2D eigenvalue weighted by molar-refractivity contribution is -0.117. The first-order chi connectivity index (χ1) is 11.9. The predicted molar refractivity (Wildman–Crippen MR) is 103 cm³/mol. The molecule has 4 nitrogen and oxygen atoms in total. The zero-order valence-corrected chi connectivity index (χ0v) is 15.5. The van der Waals surface area contributed by atoms with Crippen LogP contribution in [0.15, 0.2) is 48.5 Å². The van der Waals surface area contributed by atoms with Gasteiger partial charge in [0.2, 0.25) is 11.8 Å². The van der Waals surface area contributed by atoms with Gasteiger partial charge in [-0.05, 0) is 47.9 Å². The zero-order chi connectivity index (χ0) is 18.4. The molecule has 0 unspecified atom stereocenters. The maximum atomic E-state index is 12.2. The lowest BCUT2D eigenvalue weighted by Crippen LogP contribution is -2.31. The molecule has 0 saturated carbocycles. The molecule has 0 radical (unpaired) electrons. The Labute approximate surface area is 153 Å². The lowest BCUT2D eigenvalue weighted by Gasteiger charge is -2.21. The second-order valence-electron chi connectivity index (χ2n) is 6.22. The fourth-order valence-corrected chi connectivity index (χ4v) is 2.60. The van der Waals surface area contributed by atoms with Crippen LogP contribution in [0.25, 0.3) is 0 Å². The molecule has 2 amide bonds. The number of nitrogens with one attached hydrogen (secondary N) is 1. The molecule has 1 N–H and O–H groups in total. The monoisotopic (exact) mass is 358 g/mol. The number of hydrogen-bond acceptors (Lipinski definition) is 2. The first-order valence-corrected chi connectivity index (χ1v) is 8.68. The summed E-state index contributed by atoms with van der Waals surface area (Å²) < 4.78 is 0. The van der Waals surface area contributed by atoms with Crippen LogP contribution in [0, 0.1) is 0 Å². The summed E-state index contributed by atoms with van der Waals surface area (Å²) in [5.74, 6) is 0.210. The molecule has 25 heavy (non-hydrogen) atoms. The third-order valence-electron chi connectivity index (χ3n) is 3.94. The van der Waals surface area contributed by atoms with Crippen LogP contribution in [0.4, 0.5) is 11.4 Å². The number of anilines is 2. The van der Waals surface area contributed by atoms with E-state index in [1.807, 2.05) is 24.3 Å². The molecule has 0 aromatic heterocycles. The first kappa shape index (κ1) is 19.0. The molecule has 5 heteroatoms. The van der Waals surface area contributed by atoms with Gasteiger partial charge in [-0.2, -0.15) is 0 Å². The second kappa shape index (κ2) is 8.67. The number of carbonyl (C=O) groups excluding carboxylic acids is 2. The van der Waals surface area contributed by atoms with E-state index in [2.05, 4.69) is 19.2 Å². The topological polar surface area (TPSA) is 49.4 Å². The molecular formula is C20H23ClN2O2. The van der Waals surface area contributed by atoms with Crippen LogP contribution in [0.2, 0.25) is 5.02 Å². The van der Waals surface area contributed by atoms with Gasteiger partial charge >= 0.3 is 0 Å². The fraction of sp³-hybridized carbons (Fsp3) is 0.300. The molecule has 0 bridgehead atoms. The van der Waals surface area contributed by atoms with Gasteiger partial charge in [0.25, 0.3) is 0 Å². The summed E-state index contributed by atoms with van der Waals surface area (Å²) >= 11 is 5.88. The van der Waals surface area contributed by atoms with Crippen molar-refractivity contribution < 1.29 is 9.59 Å². The average molecular weight is 359 g/mol. The van der Waals surface area contributed by atoms with Crippen molar-refractivity contribution in [3.63, 3.8) is 0 Å². The molecule has 0 aliphatic rings. The number of nitrogens with zero attached hydrogens (tertiary/aromatic N) is 1. The average Bonchev–Trinajstić information content (AvgIpc) is 2.57. The van der Waals surface area contributed by atoms with Gasteiger partial charge in [0.05, 0.1) is 0 Å². The van der Waals surface area contributed by atoms with Crippen molar-refractivity contribution >= 4 is 34.8 Å². The smallest absolute Gasteiger partial charge is 0.226 e. The molecule has 0 fully saturated rings. The Morgan fingerprint density at radius 3 is 2.16 bits per heavy atom. The van der Waals surface area contributed by atoms with Crippen LogP contribution in [0.1, 0.15) is 38.7 Å². The Balaban J connectivity index is 1.94. The highest BCUT2D eigenvalue weighted by atomic mass is 35.5. The van der Waals surface area contributed by atoms with Crippen LogP contribution < -0.4 is 10.2 Å². The van der Waals surface area contributed by atoms with Gasteiger partial charge in [-0.1, -0.05) is 37.6 Å². The summed E-state index contributed by atoms with van der Waals surface area (Å²) in [5.41, 5.74) is 2.71. The molecule has 2 aromatic rings. The SMILES string of the molecule is CC(=O)N(CCC(=O)Nc1ccc(C(C)C)cc1)c1ccc(Cl)cc1. The van der Waals surface area contributed by atoms with Crippen LogP contribution in [-0.4, -0.2) is 18.4 Å². The number of hydrogen-bond donors (Lipinski definition) is 1. The van der Waals surface area contributed by atoms with Crippen molar-refractivity contribution in [2.45, 2.75) is 33.1 Å². The normalized spacial score (nSPS) is 10.6. The molecule has 0 heterocycles. The molecule has 2 aromatic carbocycles. The van der Waals surface area contributed by atoms with Gasteiger partial charge < -0.3 is 10.2 Å². The van der Waals surface area contributed by atoms with Crippen molar-refractivity contribution in [1.29, 1.82) is 0 Å². The molecule has 0 aliphatic carbocycles. The van der Waals surface area contributed by atoms with E-state index in [1.165, 1.54) is 12.5 Å². The van der Waals surface area contributed by atoms with E-state index >= 15 is 0 Å². The van der Waals surface area contributed by atoms with E-state index in [0.29, 0.717) is 17.5 Å². The van der Waals surface area contributed by atoms with Crippen LogP contribution in [0.3, 0.4) is 0 Å². The van der Waals surface area contributed by atoms with E-state index in [1.54, 1.807) is 29.2 Å². The maximum Gasteiger partial charge on any atom is 0.226 e. The highest BCUT2D eigenvalue weighted by molar-refractivity contribution is 6.30. The third kappa shape index (κ3) is 5.61. The summed E-state index contributed by atoms with van der Waals surface area (Å²) in [5, 5.41) is 3.47. The van der Waals surface area contributed by atoms with E-state index in [0.717, 1.165) is 11.4 Å². The van der Waals surface area contributed by atoms with E-state index in [-0.39, 0.29) is 18.2 Å². The molecule has 0 aliphatic heterocycles. The number of amides is 2. The Bertz CT molecular complexity index is 724. The van der Waals surface area contributed by atoms with Gasteiger partial charge in [0, 0.05) is 36.3 Å². The summed E-state index contributed by atoms with van der Waals surface area (Å²) in [4.78, 5) is 25.6. The zero-order valence-electron chi connectivity index (χ0n) is 14.8. The number of benzene rings is 2. The van der Waals surface area contributed by atoms with Gasteiger partial charge in [-0.15, -0.1) is 0 Å². The van der Waals surface area contributed by atoms with Gasteiger partial charge in [-0.25, -0.2) is 0 Å². The highest BCUT2D eigenvalue weighted by Crippen LogP contribution is 2.19. The van der Waals surface area contributed by atoms with Crippen molar-refractivity contribution in [1.82, 2.24) is 0 Å². The van der Waals surface area contributed by atoms with Gasteiger partial charge in [0.15, 0.2) is 0 Å². The summed E-state index contributed by atoms with van der Waals surface area (Å²) in [6, 6.07) is 14.8. The maximum absolute atomic E-state index is 12.2. The summed E-state index contributed by atoms with van der Waals surface area (Å²) in [6.07, 6.45) is 0.216. The quantitative estimate of drug-likeness (QED) is 0.802. The Morgan fingerprint density at radius 2 is 1.64 bits per heavy atom. The molecule has 0 spiro atoms. The minimum atomic E-state index is -0.127. The number of halogens is 1. The van der Waals surface area contributed by atoms with Crippen molar-refractivity contribution in [2.24, 2.45) is 0 Å². The van der Waals surface area contributed by atoms with Crippen molar-refractivity contribution in [2.75, 3.05) is 16.8 Å². The number of rotatable bonds is 6. The lowest BCUT2D eigenvalue weighted by atomic mass is 10.0. The third-order valence-corrected chi connectivity index (χ3v) is 4.19. The molecule has 132 valence electrons. The Hall–Kier alpha value is -2.33. The molecular weight excluding hydrogens is 336 g/mol. The van der Waals surface area contributed by atoms with Gasteiger partial charge in [-0.3, -0.25) is 9.59 Å². The summed E-state index contributed by atoms with van der Waals surface area (Å²) in [7, 11) is 0. The Kier molecular flexibility index (Phi) is 6.59. The van der Waals surface area contributed by atoms with E-state index < -0.39 is 0 Å². The second-order valence-corrected chi connectivity index (χ2v) is 6.66. The molecule has 2 rings (SSSR count). The van der Waals surface area contributed by atoms with Crippen LogP contribution in [-0.2, 0) is 9.59 Å². The van der Waals surface area contributed by atoms with E-state index in [9.17, 15) is 9.59 Å². The fourth-order valence-electron chi connectivity index (χ4n) is 2.48. The van der Waals surface area contributed by atoms with Crippen molar-refractivity contribution in [3.05, 3.63) is 59.1 Å². The molecule has 0 atom stereocenters. The van der Waals surface area contributed by atoms with Gasteiger partial charge in [0.1, 0.15) is 0 Å². The number of carbonyl (C=O) groups is 2. The van der Waals surface area contributed by atoms with Crippen LogP contribution in [0.5, 0.6) is 0 Å². The minimum absolute atomic E-state index is 0.114. The minimum Gasteiger partial charge on any atom is -0.326 e. The Morgan fingerprint density at radius 1 is 1.04 bits per heavy atom. The highest BCUT2D eigenvalue weighted by Gasteiger charge is 2.13. The standard InChI is InChI=1S/C20H23ClN2O2/c1-14(2)16-4-8-18(9-5-16)22-20(25)12-13-23(15(3)24)19-10-6-17(21)7-11-19/h4-11,14H,12-13H2,1-3H3,(H,22,25). The van der Waals surface area contributed by atoms with Crippen LogP contribution >= 0.6 is 11.6 Å². The first-order valence-electron chi connectivity index (χ1n) is 8.30. The van der Waals surface area contributed by atoms with E-state index in [4.69, 9.17) is 11.6 Å². The van der Waals surface area contributed by atoms with Crippen molar-refractivity contribution in [3.8, 4) is 0 Å². The molecule has 0 saturated heterocycles. The predicted octanol–water partition coefficient (Wildman–Crippen LogP) is 4.85.